The second-order valence-corrected chi connectivity index (χ2v) is 6.59. The van der Waals surface area contributed by atoms with Gasteiger partial charge in [0.1, 0.15) is 11.6 Å². The lowest BCUT2D eigenvalue weighted by Crippen LogP contribution is -2.01. The molecule has 0 spiro atoms. The van der Waals surface area contributed by atoms with Gasteiger partial charge in [-0.05, 0) is 37.1 Å². The normalized spacial score (nSPS) is 11.2. The van der Waals surface area contributed by atoms with Gasteiger partial charge in [-0.15, -0.1) is 0 Å². The number of pyridine rings is 1. The molecule has 0 unspecified atom stereocenters. The van der Waals surface area contributed by atoms with Crippen LogP contribution in [0.4, 0.5) is 4.39 Å². The highest BCUT2D eigenvalue weighted by atomic mass is 19.1. The molecular weight excluding hydrogens is 325 g/mol. The number of rotatable bonds is 4. The number of para-hydroxylation sites is 1. The molecule has 130 valence electrons. The summed E-state index contributed by atoms with van der Waals surface area (Å²) in [5.74, 6) is 0.726. The van der Waals surface area contributed by atoms with Crippen LogP contribution in [0.2, 0.25) is 0 Å². The predicted molar refractivity (Wildman–Crippen MR) is 102 cm³/mol. The average Bonchev–Trinajstić information content (AvgIpc) is 3.02. The Morgan fingerprint density at radius 1 is 0.923 bits per heavy atom. The molecule has 0 aliphatic carbocycles. The van der Waals surface area contributed by atoms with Crippen molar-refractivity contribution >= 4 is 10.9 Å². The van der Waals surface area contributed by atoms with Gasteiger partial charge in [0, 0.05) is 36.3 Å². The fourth-order valence-corrected chi connectivity index (χ4v) is 3.20. The van der Waals surface area contributed by atoms with Crippen LogP contribution in [-0.2, 0) is 19.9 Å². The van der Waals surface area contributed by atoms with Gasteiger partial charge >= 0.3 is 0 Å². The molecule has 26 heavy (non-hydrogen) atoms. The SMILES string of the molecule is Cc1cccc(-c2cn(C)c(CCc3ccc4ccccc4n3)n2)c1F. The van der Waals surface area contributed by atoms with Crippen LogP contribution >= 0.6 is 0 Å². The van der Waals surface area contributed by atoms with Crippen molar-refractivity contribution in [1.29, 1.82) is 0 Å². The predicted octanol–water partition coefficient (Wildman–Crippen LogP) is 4.87. The van der Waals surface area contributed by atoms with E-state index in [1.54, 1.807) is 19.1 Å². The van der Waals surface area contributed by atoms with E-state index in [-0.39, 0.29) is 5.82 Å². The number of hydrogen-bond acceptors (Lipinski definition) is 2. The zero-order chi connectivity index (χ0) is 18.1. The van der Waals surface area contributed by atoms with Crippen molar-refractivity contribution in [2.75, 3.05) is 0 Å². The molecule has 0 radical (unpaired) electrons. The smallest absolute Gasteiger partial charge is 0.135 e. The van der Waals surface area contributed by atoms with Gasteiger partial charge in [0.25, 0.3) is 0 Å². The molecule has 2 heterocycles. The third kappa shape index (κ3) is 3.10. The van der Waals surface area contributed by atoms with Crippen LogP contribution in [0, 0.1) is 12.7 Å². The molecular formula is C22H20FN3. The molecule has 4 heteroatoms. The third-order valence-corrected chi connectivity index (χ3v) is 4.70. The van der Waals surface area contributed by atoms with E-state index in [0.29, 0.717) is 16.8 Å². The quantitative estimate of drug-likeness (QED) is 0.528. The van der Waals surface area contributed by atoms with Crippen molar-refractivity contribution < 1.29 is 4.39 Å². The van der Waals surface area contributed by atoms with Gasteiger partial charge in [-0.3, -0.25) is 4.98 Å². The molecule has 0 saturated carbocycles. The third-order valence-electron chi connectivity index (χ3n) is 4.70. The zero-order valence-corrected chi connectivity index (χ0v) is 14.9. The van der Waals surface area contributed by atoms with Gasteiger partial charge in [-0.2, -0.15) is 0 Å². The number of halogens is 1. The number of aromatic nitrogens is 3. The Labute approximate surface area is 152 Å². The van der Waals surface area contributed by atoms with E-state index < -0.39 is 0 Å². The van der Waals surface area contributed by atoms with Crippen LogP contribution in [0.15, 0.2) is 60.8 Å². The summed E-state index contributed by atoms with van der Waals surface area (Å²) in [6, 6.07) is 17.7. The molecule has 0 aliphatic heterocycles. The first kappa shape index (κ1) is 16.5. The summed E-state index contributed by atoms with van der Waals surface area (Å²) in [5, 5.41) is 1.14. The molecule has 0 atom stereocenters. The number of fused-ring (bicyclic) bond motifs is 1. The largest absolute Gasteiger partial charge is 0.337 e. The minimum atomic E-state index is -0.201. The monoisotopic (exact) mass is 345 g/mol. The van der Waals surface area contributed by atoms with E-state index in [9.17, 15) is 4.39 Å². The highest BCUT2D eigenvalue weighted by molar-refractivity contribution is 5.78. The summed E-state index contributed by atoms with van der Waals surface area (Å²) < 4.78 is 16.3. The summed E-state index contributed by atoms with van der Waals surface area (Å²) in [6.07, 6.45) is 3.45. The molecule has 0 fully saturated rings. The molecule has 3 nitrogen and oxygen atoms in total. The molecule has 4 aromatic rings. The second-order valence-electron chi connectivity index (χ2n) is 6.59. The Bertz CT molecular complexity index is 1080. The van der Waals surface area contributed by atoms with Crippen LogP contribution in [0.3, 0.4) is 0 Å². The van der Waals surface area contributed by atoms with Crippen molar-refractivity contribution in [3.8, 4) is 11.3 Å². The Hall–Kier alpha value is -3.01. The average molecular weight is 345 g/mol. The van der Waals surface area contributed by atoms with Crippen LogP contribution in [-0.4, -0.2) is 14.5 Å². The number of nitrogens with zero attached hydrogens (tertiary/aromatic N) is 3. The highest BCUT2D eigenvalue weighted by Crippen LogP contribution is 2.24. The van der Waals surface area contributed by atoms with E-state index >= 15 is 0 Å². The maximum Gasteiger partial charge on any atom is 0.135 e. The summed E-state index contributed by atoms with van der Waals surface area (Å²) in [7, 11) is 1.95. The van der Waals surface area contributed by atoms with Crippen molar-refractivity contribution in [2.45, 2.75) is 19.8 Å². The van der Waals surface area contributed by atoms with Crippen LogP contribution in [0.1, 0.15) is 17.1 Å². The Kier molecular flexibility index (Phi) is 4.25. The number of aryl methyl sites for hydroxylation is 4. The van der Waals surface area contributed by atoms with E-state index in [1.165, 1.54) is 0 Å². The summed E-state index contributed by atoms with van der Waals surface area (Å²) >= 11 is 0. The minimum absolute atomic E-state index is 0.201. The second kappa shape index (κ2) is 6.71. The van der Waals surface area contributed by atoms with Gasteiger partial charge in [0.15, 0.2) is 0 Å². The zero-order valence-electron chi connectivity index (χ0n) is 14.9. The number of imidazole rings is 1. The number of benzene rings is 2. The Balaban J connectivity index is 1.57. The van der Waals surface area contributed by atoms with Crippen LogP contribution in [0.5, 0.6) is 0 Å². The fourth-order valence-electron chi connectivity index (χ4n) is 3.20. The van der Waals surface area contributed by atoms with Gasteiger partial charge in [0.2, 0.25) is 0 Å². The van der Waals surface area contributed by atoms with Gasteiger partial charge in [0.05, 0.1) is 11.2 Å². The Morgan fingerprint density at radius 2 is 1.77 bits per heavy atom. The molecule has 2 aromatic carbocycles. The lowest BCUT2D eigenvalue weighted by molar-refractivity contribution is 0.621. The van der Waals surface area contributed by atoms with Gasteiger partial charge in [-0.25, -0.2) is 9.37 Å². The van der Waals surface area contributed by atoms with Crippen molar-refractivity contribution in [2.24, 2.45) is 7.05 Å². The first-order valence-electron chi connectivity index (χ1n) is 8.74. The molecule has 0 N–H and O–H groups in total. The first-order valence-corrected chi connectivity index (χ1v) is 8.74. The summed E-state index contributed by atoms with van der Waals surface area (Å²) in [5.41, 5.74) is 3.91. The van der Waals surface area contributed by atoms with Gasteiger partial charge < -0.3 is 4.57 Å². The first-order chi connectivity index (χ1) is 12.6. The molecule has 0 aliphatic rings. The standard InChI is InChI=1S/C22H20FN3/c1-15-6-5-8-18(22(15)23)20-14-26(2)21(25-20)13-12-17-11-10-16-7-3-4-9-19(16)24-17/h3-11,14H,12-13H2,1-2H3. The molecule has 0 amide bonds. The summed E-state index contributed by atoms with van der Waals surface area (Å²) in [4.78, 5) is 9.37. The summed E-state index contributed by atoms with van der Waals surface area (Å²) in [6.45, 7) is 1.77. The molecule has 0 bridgehead atoms. The van der Waals surface area contributed by atoms with Crippen LogP contribution in [0.25, 0.3) is 22.2 Å². The molecule has 4 rings (SSSR count). The Morgan fingerprint density at radius 3 is 2.65 bits per heavy atom. The van der Waals surface area contributed by atoms with E-state index in [4.69, 9.17) is 4.98 Å². The number of hydrogen-bond donors (Lipinski definition) is 0. The maximum atomic E-state index is 14.4. The lowest BCUT2D eigenvalue weighted by atomic mass is 10.1. The fraction of sp³-hybridized carbons (Fsp3) is 0.182. The maximum absolute atomic E-state index is 14.4. The highest BCUT2D eigenvalue weighted by Gasteiger charge is 2.13. The van der Waals surface area contributed by atoms with E-state index in [2.05, 4.69) is 23.2 Å². The van der Waals surface area contributed by atoms with E-state index in [1.807, 2.05) is 42.1 Å². The van der Waals surface area contributed by atoms with Crippen molar-refractivity contribution in [3.63, 3.8) is 0 Å². The van der Waals surface area contributed by atoms with Crippen molar-refractivity contribution in [3.05, 3.63) is 83.7 Å². The van der Waals surface area contributed by atoms with Crippen molar-refractivity contribution in [1.82, 2.24) is 14.5 Å². The van der Waals surface area contributed by atoms with Crippen LogP contribution < -0.4 is 0 Å². The molecule has 2 aromatic heterocycles. The van der Waals surface area contributed by atoms with E-state index in [0.717, 1.165) is 35.3 Å². The topological polar surface area (TPSA) is 30.7 Å². The molecule has 0 saturated heterocycles. The lowest BCUT2D eigenvalue weighted by Gasteiger charge is -2.03. The van der Waals surface area contributed by atoms with Gasteiger partial charge in [-0.1, -0.05) is 36.4 Å². The minimum Gasteiger partial charge on any atom is -0.337 e.